The molecule has 0 saturated carbocycles. The second-order valence-electron chi connectivity index (χ2n) is 6.50. The monoisotopic (exact) mass is 413 g/mol. The number of aryl methyl sites for hydroxylation is 1. The number of nitrogens with one attached hydrogen (secondary N) is 2. The summed E-state index contributed by atoms with van der Waals surface area (Å²) in [5, 5.41) is 6.37. The molecule has 3 aromatic rings. The summed E-state index contributed by atoms with van der Waals surface area (Å²) < 4.78 is 1.07. The molecule has 0 spiro atoms. The van der Waals surface area contributed by atoms with Crippen LogP contribution in [-0.4, -0.2) is 22.6 Å². The first-order chi connectivity index (χ1) is 13.5. The molecule has 146 valence electrons. The van der Waals surface area contributed by atoms with Gasteiger partial charge in [-0.1, -0.05) is 30.7 Å². The van der Waals surface area contributed by atoms with E-state index in [0.29, 0.717) is 17.3 Å². The molecule has 1 aromatic heterocycles. The first kappa shape index (κ1) is 20.4. The van der Waals surface area contributed by atoms with E-state index in [1.165, 1.54) is 28.7 Å². The minimum Gasteiger partial charge on any atom is -0.326 e. The summed E-state index contributed by atoms with van der Waals surface area (Å²) in [5.74, 6) is 0.252. The lowest BCUT2D eigenvalue weighted by Gasteiger charge is -2.06. The number of amides is 2. The first-order valence-corrected chi connectivity index (χ1v) is 11.0. The molecule has 0 aliphatic heterocycles. The summed E-state index contributed by atoms with van der Waals surface area (Å²) in [6, 6.07) is 13.6. The van der Waals surface area contributed by atoms with E-state index in [1.54, 1.807) is 0 Å². The van der Waals surface area contributed by atoms with Gasteiger partial charge < -0.3 is 10.6 Å². The minimum absolute atomic E-state index is 0.0349. The molecule has 2 amide bonds. The number of unbranched alkanes of at least 4 members (excludes halogenated alkanes) is 1. The van der Waals surface area contributed by atoms with E-state index in [1.807, 2.05) is 43.3 Å². The van der Waals surface area contributed by atoms with Crippen LogP contribution < -0.4 is 10.6 Å². The van der Waals surface area contributed by atoms with E-state index < -0.39 is 0 Å². The van der Waals surface area contributed by atoms with E-state index in [-0.39, 0.29) is 11.8 Å². The van der Waals surface area contributed by atoms with Crippen molar-refractivity contribution in [3.63, 3.8) is 0 Å². The van der Waals surface area contributed by atoms with Gasteiger partial charge in [-0.25, -0.2) is 4.98 Å². The third-order valence-corrected chi connectivity index (χ3v) is 6.00. The number of anilines is 2. The van der Waals surface area contributed by atoms with Crippen LogP contribution in [0, 0.1) is 6.92 Å². The number of fused-ring (bicyclic) bond motifs is 1. The summed E-state index contributed by atoms with van der Waals surface area (Å²) in [6.07, 6.45) is 2.43. The fourth-order valence-corrected chi connectivity index (χ4v) is 4.26. The lowest BCUT2D eigenvalue weighted by atomic mass is 10.2. The molecule has 0 bridgehead atoms. The molecular weight excluding hydrogens is 390 g/mol. The molecule has 7 heteroatoms. The molecule has 0 atom stereocenters. The molecular formula is C21H23N3O2S2. The topological polar surface area (TPSA) is 71.1 Å². The predicted molar refractivity (Wildman–Crippen MR) is 118 cm³/mol. The summed E-state index contributed by atoms with van der Waals surface area (Å²) in [4.78, 5) is 29.4. The summed E-state index contributed by atoms with van der Waals surface area (Å²) in [5.41, 5.74) is 2.85. The maximum Gasteiger partial charge on any atom is 0.236 e. The maximum absolute atomic E-state index is 12.2. The highest BCUT2D eigenvalue weighted by atomic mass is 32.2. The lowest BCUT2D eigenvalue weighted by Crippen LogP contribution is -2.13. The van der Waals surface area contributed by atoms with Crippen molar-refractivity contribution in [2.24, 2.45) is 0 Å². The van der Waals surface area contributed by atoms with E-state index in [9.17, 15) is 9.59 Å². The van der Waals surface area contributed by atoms with Crippen LogP contribution in [0.15, 0.2) is 47.4 Å². The molecule has 0 saturated heterocycles. The van der Waals surface area contributed by atoms with Gasteiger partial charge in [0.2, 0.25) is 11.8 Å². The Kier molecular flexibility index (Phi) is 7.06. The van der Waals surface area contributed by atoms with Crippen LogP contribution in [0.5, 0.6) is 0 Å². The van der Waals surface area contributed by atoms with Gasteiger partial charge in [0, 0.05) is 17.0 Å². The minimum atomic E-state index is -0.0854. The molecule has 5 nitrogen and oxygen atoms in total. The fraction of sp³-hybridized carbons (Fsp3) is 0.286. The van der Waals surface area contributed by atoms with Crippen molar-refractivity contribution in [3.8, 4) is 0 Å². The summed E-state index contributed by atoms with van der Waals surface area (Å²) >= 11 is 2.93. The molecule has 2 N–H and O–H groups in total. The van der Waals surface area contributed by atoms with Crippen LogP contribution in [-0.2, 0) is 9.59 Å². The SMILES string of the molecule is CCCCC(=O)Nc1ccc(SCC(=O)Nc2nc3ccc(C)cc3s2)cc1. The number of hydrogen-bond acceptors (Lipinski definition) is 5. The Bertz CT molecular complexity index is 967. The van der Waals surface area contributed by atoms with Gasteiger partial charge >= 0.3 is 0 Å². The number of hydrogen-bond donors (Lipinski definition) is 2. The summed E-state index contributed by atoms with van der Waals surface area (Å²) in [6.45, 7) is 4.10. The van der Waals surface area contributed by atoms with Crippen molar-refractivity contribution in [1.82, 2.24) is 4.98 Å². The van der Waals surface area contributed by atoms with Crippen molar-refractivity contribution in [3.05, 3.63) is 48.0 Å². The second-order valence-corrected chi connectivity index (χ2v) is 8.58. The number of benzene rings is 2. The van der Waals surface area contributed by atoms with Crippen LogP contribution in [0.3, 0.4) is 0 Å². The smallest absolute Gasteiger partial charge is 0.236 e. The molecule has 3 rings (SSSR count). The third kappa shape index (κ3) is 5.81. The standard InChI is InChI=1S/C21H23N3O2S2/c1-3-4-5-19(25)22-15-7-9-16(10-8-15)27-13-20(26)24-21-23-17-11-6-14(2)12-18(17)28-21/h6-12H,3-5,13H2,1-2H3,(H,22,25)(H,23,24,26). The van der Waals surface area contributed by atoms with Crippen molar-refractivity contribution in [2.75, 3.05) is 16.4 Å². The third-order valence-electron chi connectivity index (χ3n) is 4.06. The van der Waals surface area contributed by atoms with E-state index >= 15 is 0 Å². The molecule has 0 aliphatic carbocycles. The zero-order valence-corrected chi connectivity index (χ0v) is 17.6. The zero-order valence-electron chi connectivity index (χ0n) is 16.0. The van der Waals surface area contributed by atoms with Gasteiger partial charge in [-0.15, -0.1) is 11.8 Å². The Balaban J connectivity index is 1.49. The average Bonchev–Trinajstić information content (AvgIpc) is 3.07. The van der Waals surface area contributed by atoms with E-state index in [0.717, 1.165) is 33.6 Å². The quantitative estimate of drug-likeness (QED) is 0.481. The first-order valence-electron chi connectivity index (χ1n) is 9.23. The van der Waals surface area contributed by atoms with E-state index in [4.69, 9.17) is 0 Å². The molecule has 0 fully saturated rings. The van der Waals surface area contributed by atoms with Gasteiger partial charge in [-0.2, -0.15) is 0 Å². The highest BCUT2D eigenvalue weighted by Crippen LogP contribution is 2.27. The fourth-order valence-electron chi connectivity index (χ4n) is 2.58. The Labute approximate surface area is 172 Å². The summed E-state index contributed by atoms with van der Waals surface area (Å²) in [7, 11) is 0. The van der Waals surface area contributed by atoms with Gasteiger partial charge in [-0.3, -0.25) is 9.59 Å². The molecule has 0 aliphatic rings. The number of rotatable bonds is 8. The largest absolute Gasteiger partial charge is 0.326 e. The van der Waals surface area contributed by atoms with Gasteiger partial charge in [0.25, 0.3) is 0 Å². The number of nitrogens with zero attached hydrogens (tertiary/aromatic N) is 1. The average molecular weight is 414 g/mol. The van der Waals surface area contributed by atoms with Gasteiger partial charge in [0.1, 0.15) is 0 Å². The highest BCUT2D eigenvalue weighted by Gasteiger charge is 2.09. The predicted octanol–water partition coefficient (Wildman–Crippen LogP) is 5.46. The van der Waals surface area contributed by atoms with Crippen LogP contribution in [0.2, 0.25) is 0 Å². The van der Waals surface area contributed by atoms with Crippen molar-refractivity contribution in [2.45, 2.75) is 38.0 Å². The van der Waals surface area contributed by atoms with Crippen LogP contribution in [0.4, 0.5) is 10.8 Å². The number of carbonyl (C=O) groups excluding carboxylic acids is 2. The number of carbonyl (C=O) groups is 2. The molecule has 2 aromatic carbocycles. The zero-order chi connectivity index (χ0) is 19.9. The van der Waals surface area contributed by atoms with Crippen molar-refractivity contribution >= 4 is 55.9 Å². The normalized spacial score (nSPS) is 10.8. The van der Waals surface area contributed by atoms with E-state index in [2.05, 4.69) is 28.6 Å². The number of aromatic nitrogens is 1. The van der Waals surface area contributed by atoms with Gasteiger partial charge in [0.15, 0.2) is 5.13 Å². The van der Waals surface area contributed by atoms with Crippen LogP contribution in [0.25, 0.3) is 10.2 Å². The highest BCUT2D eigenvalue weighted by molar-refractivity contribution is 8.00. The Morgan fingerprint density at radius 2 is 1.86 bits per heavy atom. The number of thiazole rings is 1. The second kappa shape index (κ2) is 9.71. The van der Waals surface area contributed by atoms with Crippen molar-refractivity contribution in [1.29, 1.82) is 0 Å². The Morgan fingerprint density at radius 3 is 2.61 bits per heavy atom. The molecule has 28 heavy (non-hydrogen) atoms. The van der Waals surface area contributed by atoms with Gasteiger partial charge in [0.05, 0.1) is 16.0 Å². The molecule has 1 heterocycles. The van der Waals surface area contributed by atoms with Crippen LogP contribution >= 0.6 is 23.1 Å². The Hall–Kier alpha value is -2.38. The number of thioether (sulfide) groups is 1. The van der Waals surface area contributed by atoms with Crippen molar-refractivity contribution < 1.29 is 9.59 Å². The molecule has 0 radical (unpaired) electrons. The van der Waals surface area contributed by atoms with Crippen LogP contribution in [0.1, 0.15) is 31.7 Å². The molecule has 0 unspecified atom stereocenters. The maximum atomic E-state index is 12.2. The Morgan fingerprint density at radius 1 is 1.07 bits per heavy atom. The lowest BCUT2D eigenvalue weighted by molar-refractivity contribution is -0.116. The van der Waals surface area contributed by atoms with Gasteiger partial charge in [-0.05, 0) is 55.3 Å².